The van der Waals surface area contributed by atoms with E-state index in [0.717, 1.165) is 51.4 Å². The van der Waals surface area contributed by atoms with Crippen LogP contribution in [0.1, 0.15) is 219 Å². The van der Waals surface area contributed by atoms with Crippen LogP contribution in [0.3, 0.4) is 0 Å². The van der Waals surface area contributed by atoms with Crippen LogP contribution in [0.4, 0.5) is 0 Å². The maximum atomic E-state index is 12.7. The number of quaternary nitrogens is 1. The maximum Gasteiger partial charge on any atom is 0.306 e. The minimum atomic E-state index is -1.61. The fourth-order valence-electron chi connectivity index (χ4n) is 6.86. The molecule has 0 radical (unpaired) electrons. The second-order valence-corrected chi connectivity index (χ2v) is 17.8. The first-order valence-electron chi connectivity index (χ1n) is 24.5. The van der Waals surface area contributed by atoms with Gasteiger partial charge in [0, 0.05) is 12.8 Å². The van der Waals surface area contributed by atoms with Crippen LogP contribution in [0.2, 0.25) is 0 Å². The third-order valence-electron chi connectivity index (χ3n) is 10.7. The normalized spacial score (nSPS) is 13.0. The Labute approximate surface area is 363 Å². The average Bonchev–Trinajstić information content (AvgIpc) is 3.19. The second kappa shape index (κ2) is 42.5. The van der Waals surface area contributed by atoms with Crippen LogP contribution >= 0.6 is 0 Å². The highest BCUT2D eigenvalue weighted by atomic mass is 16.7. The highest BCUT2D eigenvalue weighted by molar-refractivity contribution is 5.70. The lowest BCUT2D eigenvalue weighted by molar-refractivity contribution is -0.870. The average molecular weight is 836 g/mol. The number of unbranched alkanes of at least 4 members (excludes halogenated alkanes) is 26. The van der Waals surface area contributed by atoms with Crippen molar-refractivity contribution >= 4 is 17.9 Å². The molecule has 346 valence electrons. The fourth-order valence-corrected chi connectivity index (χ4v) is 6.86. The molecule has 0 aliphatic carbocycles. The van der Waals surface area contributed by atoms with E-state index in [2.05, 4.69) is 38.2 Å². The zero-order valence-electron chi connectivity index (χ0n) is 39.1. The van der Waals surface area contributed by atoms with Gasteiger partial charge in [0.25, 0.3) is 0 Å². The van der Waals surface area contributed by atoms with E-state index in [0.29, 0.717) is 17.4 Å². The molecule has 0 saturated carbocycles. The molecule has 0 aromatic rings. The number of carbonyl (C=O) groups excluding carboxylic acids is 3. The van der Waals surface area contributed by atoms with E-state index < -0.39 is 24.3 Å². The molecule has 2 unspecified atom stereocenters. The van der Waals surface area contributed by atoms with E-state index >= 15 is 0 Å². The molecule has 0 saturated heterocycles. The Morgan fingerprint density at radius 3 is 1.34 bits per heavy atom. The van der Waals surface area contributed by atoms with E-state index in [1.165, 1.54) is 135 Å². The lowest BCUT2D eigenvalue weighted by atomic mass is 10.0. The van der Waals surface area contributed by atoms with Crippen molar-refractivity contribution in [1.29, 1.82) is 0 Å². The van der Waals surface area contributed by atoms with Gasteiger partial charge in [0.2, 0.25) is 0 Å². The molecule has 0 heterocycles. The Balaban J connectivity index is 3.98. The molecule has 0 aromatic carbocycles. The Kier molecular flexibility index (Phi) is 40.9. The van der Waals surface area contributed by atoms with Crippen LogP contribution in [0.15, 0.2) is 24.3 Å². The van der Waals surface area contributed by atoms with Gasteiger partial charge in [0.15, 0.2) is 12.4 Å². The van der Waals surface area contributed by atoms with Crippen LogP contribution in [-0.2, 0) is 33.3 Å². The first kappa shape index (κ1) is 56.8. The highest BCUT2D eigenvalue weighted by Crippen LogP contribution is 2.16. The summed E-state index contributed by atoms with van der Waals surface area (Å²) >= 11 is 0. The van der Waals surface area contributed by atoms with Gasteiger partial charge in [-0.1, -0.05) is 186 Å². The Bertz CT molecular complexity index is 1020. The van der Waals surface area contributed by atoms with Crippen LogP contribution in [-0.4, -0.2) is 82.3 Å². The Hall–Kier alpha value is -2.23. The van der Waals surface area contributed by atoms with E-state index in [9.17, 15) is 19.5 Å². The lowest BCUT2D eigenvalue weighted by Gasteiger charge is -2.26. The van der Waals surface area contributed by atoms with Crippen molar-refractivity contribution in [2.75, 3.05) is 47.5 Å². The van der Waals surface area contributed by atoms with Gasteiger partial charge < -0.3 is 33.3 Å². The quantitative estimate of drug-likeness (QED) is 0.0196. The Morgan fingerprint density at radius 1 is 0.508 bits per heavy atom. The Morgan fingerprint density at radius 2 is 0.915 bits per heavy atom. The van der Waals surface area contributed by atoms with Gasteiger partial charge in [-0.05, 0) is 44.9 Å². The lowest BCUT2D eigenvalue weighted by Crippen LogP contribution is -2.44. The molecule has 0 amide bonds. The third kappa shape index (κ3) is 43.7. The summed E-state index contributed by atoms with van der Waals surface area (Å²) < 4.78 is 22.4. The maximum absolute atomic E-state index is 12.7. The highest BCUT2D eigenvalue weighted by Gasteiger charge is 2.21. The molecule has 0 spiro atoms. The molecule has 0 aliphatic rings. The van der Waals surface area contributed by atoms with Crippen molar-refractivity contribution in [3.8, 4) is 0 Å². The summed E-state index contributed by atoms with van der Waals surface area (Å²) in [5.74, 6) is -2.29. The summed E-state index contributed by atoms with van der Waals surface area (Å²) in [6, 6.07) is 0. The van der Waals surface area contributed by atoms with Gasteiger partial charge in [-0.2, -0.15) is 0 Å². The van der Waals surface area contributed by atoms with Gasteiger partial charge in [-0.3, -0.25) is 9.59 Å². The molecule has 59 heavy (non-hydrogen) atoms. The number of esters is 2. The van der Waals surface area contributed by atoms with Crippen molar-refractivity contribution in [3.05, 3.63) is 24.3 Å². The minimum absolute atomic E-state index is 0.150. The first-order chi connectivity index (χ1) is 28.6. The monoisotopic (exact) mass is 836 g/mol. The van der Waals surface area contributed by atoms with Crippen LogP contribution in [0, 0.1) is 0 Å². The molecule has 0 bridgehead atoms. The summed E-state index contributed by atoms with van der Waals surface area (Å²) in [4.78, 5) is 36.7. The standard InChI is InChI=1S/C50H93NO8/c1-6-8-10-12-13-14-15-16-17-18-19-20-21-22-23-24-25-26-27-28-29-30-31-32-33-34-35-37-39-41-48(53)59-46(44-57-47(52)40-38-36-11-9-7-2)45-58-50(49(54)55)56-43-42-51(3,4)5/h15-16,18-19,46,50H,6-14,17,20-45H2,1-5H3/b16-15-,19-18-. The van der Waals surface area contributed by atoms with Crippen molar-refractivity contribution in [2.24, 2.45) is 0 Å². The minimum Gasteiger partial charge on any atom is -0.545 e. The fraction of sp³-hybridized carbons (Fsp3) is 0.860. The molecular weight excluding hydrogens is 743 g/mol. The van der Waals surface area contributed by atoms with Crippen molar-refractivity contribution in [1.82, 2.24) is 0 Å². The topological polar surface area (TPSA) is 111 Å². The summed E-state index contributed by atoms with van der Waals surface area (Å²) in [7, 11) is 5.90. The third-order valence-corrected chi connectivity index (χ3v) is 10.7. The molecule has 2 atom stereocenters. The molecule has 0 aromatic heterocycles. The molecule has 0 N–H and O–H groups in total. The number of carboxylic acid groups (broad SMARTS) is 1. The van der Waals surface area contributed by atoms with Gasteiger partial charge >= 0.3 is 11.9 Å². The molecule has 9 nitrogen and oxygen atoms in total. The molecule has 0 aliphatic heterocycles. The van der Waals surface area contributed by atoms with E-state index in [1.54, 1.807) is 0 Å². The number of hydrogen-bond acceptors (Lipinski definition) is 8. The number of nitrogens with zero attached hydrogens (tertiary/aromatic N) is 1. The number of aliphatic carboxylic acids is 1. The van der Waals surface area contributed by atoms with Crippen LogP contribution < -0.4 is 5.11 Å². The van der Waals surface area contributed by atoms with Gasteiger partial charge in [0.05, 0.1) is 40.3 Å². The van der Waals surface area contributed by atoms with Gasteiger partial charge in [0.1, 0.15) is 13.2 Å². The van der Waals surface area contributed by atoms with Crippen molar-refractivity contribution in [2.45, 2.75) is 232 Å². The second-order valence-electron chi connectivity index (χ2n) is 17.8. The zero-order chi connectivity index (χ0) is 43.5. The van der Waals surface area contributed by atoms with Crippen LogP contribution in [0.25, 0.3) is 0 Å². The van der Waals surface area contributed by atoms with Crippen molar-refractivity contribution in [3.63, 3.8) is 0 Å². The number of allylic oxidation sites excluding steroid dienone is 4. The predicted octanol–water partition coefficient (Wildman–Crippen LogP) is 11.9. The van der Waals surface area contributed by atoms with Crippen molar-refractivity contribution < 1.29 is 42.9 Å². The van der Waals surface area contributed by atoms with Gasteiger partial charge in [-0.15, -0.1) is 0 Å². The summed E-state index contributed by atoms with van der Waals surface area (Å²) in [6.45, 7) is 4.65. The van der Waals surface area contributed by atoms with Gasteiger partial charge in [-0.25, -0.2) is 0 Å². The number of likely N-dealkylation sites (N-methyl/N-ethyl adjacent to an activating group) is 1. The van der Waals surface area contributed by atoms with E-state index in [4.69, 9.17) is 18.9 Å². The number of rotatable bonds is 45. The molecule has 0 rings (SSSR count). The summed E-state index contributed by atoms with van der Waals surface area (Å²) in [6.07, 6.45) is 44.2. The molecule has 9 heteroatoms. The zero-order valence-corrected chi connectivity index (χ0v) is 39.1. The largest absolute Gasteiger partial charge is 0.545 e. The first-order valence-corrected chi connectivity index (χ1v) is 24.5. The van der Waals surface area contributed by atoms with Crippen LogP contribution in [0.5, 0.6) is 0 Å². The van der Waals surface area contributed by atoms with E-state index in [-0.39, 0.29) is 38.6 Å². The SMILES string of the molecule is CCCCCCC/C=C\C/C=C\CCCCCCCCCCCCCCCCCCCC(=O)OC(COC(=O)CCCCCCC)COC(OCC[N+](C)(C)C)C(=O)[O-]. The molecule has 0 fully saturated rings. The smallest absolute Gasteiger partial charge is 0.306 e. The summed E-state index contributed by atoms with van der Waals surface area (Å²) in [5.41, 5.74) is 0. The molecular formula is C50H93NO8. The number of carboxylic acids is 1. The number of carbonyl (C=O) groups is 3. The number of hydrogen-bond donors (Lipinski definition) is 0. The summed E-state index contributed by atoms with van der Waals surface area (Å²) in [5, 5.41) is 11.6. The number of ether oxygens (including phenoxy) is 4. The van der Waals surface area contributed by atoms with E-state index in [1.807, 2.05) is 21.1 Å². The predicted molar refractivity (Wildman–Crippen MR) is 242 cm³/mol.